The number of likely N-dealkylation sites (N-methyl/N-ethyl adjacent to an activating group) is 1. The second-order valence-electron chi connectivity index (χ2n) is 5.37. The average Bonchev–Trinajstić information content (AvgIpc) is 2.35. The van der Waals surface area contributed by atoms with Crippen molar-refractivity contribution < 1.29 is 14.0 Å². The summed E-state index contributed by atoms with van der Waals surface area (Å²) >= 11 is 3.20. The van der Waals surface area contributed by atoms with Gasteiger partial charge in [0.1, 0.15) is 11.4 Å². The Morgan fingerprint density at radius 2 is 2.00 bits per heavy atom. The highest BCUT2D eigenvalue weighted by Gasteiger charge is 2.43. The second-order valence-corrected chi connectivity index (χ2v) is 6.22. The molecule has 0 spiro atoms. The number of rotatable bonds is 1. The van der Waals surface area contributed by atoms with Crippen LogP contribution in [0.25, 0.3) is 0 Å². The van der Waals surface area contributed by atoms with Crippen molar-refractivity contribution in [3.05, 3.63) is 34.1 Å². The first kappa shape index (κ1) is 15.0. The van der Waals surface area contributed by atoms with Gasteiger partial charge >= 0.3 is 0 Å². The summed E-state index contributed by atoms with van der Waals surface area (Å²) in [5.74, 6) is -0.791. The highest BCUT2D eigenvalue weighted by atomic mass is 79.9. The van der Waals surface area contributed by atoms with Crippen LogP contribution in [0.4, 0.5) is 4.39 Å². The van der Waals surface area contributed by atoms with Crippen LogP contribution in [0.1, 0.15) is 24.2 Å². The molecule has 6 heteroatoms. The van der Waals surface area contributed by atoms with Gasteiger partial charge in [-0.05, 0) is 48.0 Å². The lowest BCUT2D eigenvalue weighted by atomic mass is 9.96. The first-order valence-corrected chi connectivity index (χ1v) is 7.07. The van der Waals surface area contributed by atoms with E-state index in [0.717, 1.165) is 0 Å². The number of nitrogens with zero attached hydrogens (tertiary/aromatic N) is 2. The number of carbonyl (C=O) groups excluding carboxylic acids is 2. The highest BCUT2D eigenvalue weighted by Crippen LogP contribution is 2.27. The van der Waals surface area contributed by atoms with E-state index in [-0.39, 0.29) is 11.8 Å². The van der Waals surface area contributed by atoms with E-state index in [1.54, 1.807) is 25.8 Å². The van der Waals surface area contributed by atoms with Gasteiger partial charge in [0.05, 0.1) is 5.56 Å². The quantitative estimate of drug-likeness (QED) is 0.785. The molecule has 4 nitrogen and oxygen atoms in total. The molecule has 1 saturated heterocycles. The summed E-state index contributed by atoms with van der Waals surface area (Å²) in [6.45, 7) is 4.39. The van der Waals surface area contributed by atoms with E-state index < -0.39 is 11.4 Å². The van der Waals surface area contributed by atoms with Gasteiger partial charge in [-0.1, -0.05) is 0 Å². The number of hydrogen-bond acceptors (Lipinski definition) is 2. The number of amides is 2. The van der Waals surface area contributed by atoms with Crippen LogP contribution in [-0.2, 0) is 4.79 Å². The Balaban J connectivity index is 2.35. The fourth-order valence-corrected chi connectivity index (χ4v) is 2.90. The van der Waals surface area contributed by atoms with Crippen molar-refractivity contribution in [1.82, 2.24) is 9.80 Å². The van der Waals surface area contributed by atoms with E-state index in [9.17, 15) is 14.0 Å². The molecule has 1 fully saturated rings. The first-order valence-electron chi connectivity index (χ1n) is 6.27. The lowest BCUT2D eigenvalue weighted by molar-refractivity contribution is -0.144. The van der Waals surface area contributed by atoms with Crippen LogP contribution in [0.2, 0.25) is 0 Å². The van der Waals surface area contributed by atoms with E-state index >= 15 is 0 Å². The summed E-state index contributed by atoms with van der Waals surface area (Å²) in [6.07, 6.45) is 0. The van der Waals surface area contributed by atoms with E-state index in [1.165, 1.54) is 23.1 Å². The van der Waals surface area contributed by atoms with Gasteiger partial charge in [-0.3, -0.25) is 9.59 Å². The fraction of sp³-hybridized carbons (Fsp3) is 0.429. The van der Waals surface area contributed by atoms with E-state index in [2.05, 4.69) is 15.9 Å². The van der Waals surface area contributed by atoms with Crippen molar-refractivity contribution in [2.75, 3.05) is 20.1 Å². The molecule has 0 bridgehead atoms. The van der Waals surface area contributed by atoms with Crippen LogP contribution in [-0.4, -0.2) is 47.3 Å². The number of piperazine rings is 1. The van der Waals surface area contributed by atoms with Crippen LogP contribution < -0.4 is 0 Å². The van der Waals surface area contributed by atoms with Gasteiger partial charge < -0.3 is 9.80 Å². The molecule has 1 aliphatic heterocycles. The maximum atomic E-state index is 13.1. The molecule has 2 amide bonds. The molecule has 108 valence electrons. The molecular weight excluding hydrogens is 327 g/mol. The summed E-state index contributed by atoms with van der Waals surface area (Å²) in [5.41, 5.74) is -0.547. The zero-order valence-electron chi connectivity index (χ0n) is 11.6. The monoisotopic (exact) mass is 342 g/mol. The molecule has 0 atom stereocenters. The first-order chi connectivity index (χ1) is 9.25. The van der Waals surface area contributed by atoms with Gasteiger partial charge in [-0.25, -0.2) is 4.39 Å². The van der Waals surface area contributed by atoms with Crippen LogP contribution in [0.5, 0.6) is 0 Å². The van der Waals surface area contributed by atoms with E-state index in [0.29, 0.717) is 23.1 Å². The van der Waals surface area contributed by atoms with Crippen molar-refractivity contribution in [2.24, 2.45) is 0 Å². The standard InChI is InChI=1S/C14H16BrFN2O2/c1-14(2)13(20)17(3)6-7-18(14)12(19)10-5-4-9(16)8-11(10)15/h4-5,8H,6-7H2,1-3H3. The zero-order valence-corrected chi connectivity index (χ0v) is 13.2. The Morgan fingerprint density at radius 3 is 2.60 bits per heavy atom. The van der Waals surface area contributed by atoms with Crippen molar-refractivity contribution in [3.8, 4) is 0 Å². The molecule has 1 aromatic rings. The van der Waals surface area contributed by atoms with Crippen LogP contribution in [0.3, 0.4) is 0 Å². The average molecular weight is 343 g/mol. The van der Waals surface area contributed by atoms with Gasteiger partial charge in [0.25, 0.3) is 5.91 Å². The topological polar surface area (TPSA) is 40.6 Å². The Labute approximate surface area is 125 Å². The predicted molar refractivity (Wildman–Crippen MR) is 76.9 cm³/mol. The fourth-order valence-electron chi connectivity index (χ4n) is 2.38. The lowest BCUT2D eigenvalue weighted by Gasteiger charge is -2.44. The minimum Gasteiger partial charge on any atom is -0.342 e. The summed E-state index contributed by atoms with van der Waals surface area (Å²) < 4.78 is 13.5. The number of benzene rings is 1. The van der Waals surface area contributed by atoms with Crippen molar-refractivity contribution in [2.45, 2.75) is 19.4 Å². The van der Waals surface area contributed by atoms with Crippen molar-refractivity contribution in [1.29, 1.82) is 0 Å². The SMILES string of the molecule is CN1CCN(C(=O)c2ccc(F)cc2Br)C(C)(C)C1=O. The molecule has 1 aromatic carbocycles. The van der Waals surface area contributed by atoms with Gasteiger partial charge in [0.15, 0.2) is 0 Å². The summed E-state index contributed by atoms with van der Waals surface area (Å²) in [5, 5.41) is 0. The Morgan fingerprint density at radius 1 is 1.35 bits per heavy atom. The predicted octanol–water partition coefficient (Wildman–Crippen LogP) is 2.28. The zero-order chi connectivity index (χ0) is 15.1. The largest absolute Gasteiger partial charge is 0.342 e. The minimum atomic E-state index is -0.905. The maximum Gasteiger partial charge on any atom is 0.255 e. The molecule has 0 saturated carbocycles. The van der Waals surface area contributed by atoms with Gasteiger partial charge in [-0.15, -0.1) is 0 Å². The Kier molecular flexibility index (Phi) is 3.86. The maximum absolute atomic E-state index is 13.1. The lowest BCUT2D eigenvalue weighted by Crippen LogP contribution is -2.63. The third-order valence-corrected chi connectivity index (χ3v) is 4.27. The number of halogens is 2. The third-order valence-electron chi connectivity index (χ3n) is 3.61. The molecule has 20 heavy (non-hydrogen) atoms. The van der Waals surface area contributed by atoms with E-state index in [4.69, 9.17) is 0 Å². The Hall–Kier alpha value is -1.43. The third kappa shape index (κ3) is 2.44. The summed E-state index contributed by atoms with van der Waals surface area (Å²) in [6, 6.07) is 3.92. The molecule has 1 aliphatic rings. The minimum absolute atomic E-state index is 0.102. The number of hydrogen-bond donors (Lipinski definition) is 0. The molecule has 0 unspecified atom stereocenters. The smallest absolute Gasteiger partial charge is 0.255 e. The van der Waals surface area contributed by atoms with Crippen LogP contribution in [0.15, 0.2) is 22.7 Å². The van der Waals surface area contributed by atoms with Gasteiger partial charge in [0.2, 0.25) is 5.91 Å². The molecule has 0 radical (unpaired) electrons. The van der Waals surface area contributed by atoms with Crippen molar-refractivity contribution >= 4 is 27.7 Å². The van der Waals surface area contributed by atoms with Gasteiger partial charge in [0, 0.05) is 24.6 Å². The molecule has 2 rings (SSSR count). The van der Waals surface area contributed by atoms with Crippen LogP contribution in [0, 0.1) is 5.82 Å². The Bertz CT molecular complexity index is 574. The summed E-state index contributed by atoms with van der Waals surface area (Å²) in [4.78, 5) is 27.9. The molecule has 0 aromatic heterocycles. The molecule has 0 aliphatic carbocycles. The van der Waals surface area contributed by atoms with E-state index in [1.807, 2.05) is 0 Å². The van der Waals surface area contributed by atoms with Gasteiger partial charge in [-0.2, -0.15) is 0 Å². The highest BCUT2D eigenvalue weighted by molar-refractivity contribution is 9.10. The second kappa shape index (κ2) is 5.16. The van der Waals surface area contributed by atoms with Crippen molar-refractivity contribution in [3.63, 3.8) is 0 Å². The molecular formula is C14H16BrFN2O2. The number of carbonyl (C=O) groups is 2. The normalized spacial score (nSPS) is 18.4. The molecule has 0 N–H and O–H groups in total. The molecule has 1 heterocycles. The summed E-state index contributed by atoms with van der Waals surface area (Å²) in [7, 11) is 1.72. The van der Waals surface area contributed by atoms with Crippen LogP contribution >= 0.6 is 15.9 Å².